The second-order valence-corrected chi connectivity index (χ2v) is 6.19. The largest absolute Gasteiger partial charge is 0.330 e. The van der Waals surface area contributed by atoms with Gasteiger partial charge in [-0.25, -0.2) is 0 Å². The standard InChI is InChI=1S/C16H24N2/c1-11-3-4-13-5-6-14(8-15(11)13)16-7-12(9-17)10-18(16)2/h5-6,8,11-12,16H,3-4,7,9-10,17H2,1-2H3. The van der Waals surface area contributed by atoms with Crippen molar-refractivity contribution >= 4 is 0 Å². The summed E-state index contributed by atoms with van der Waals surface area (Å²) in [6, 6.07) is 7.75. The second-order valence-electron chi connectivity index (χ2n) is 6.19. The van der Waals surface area contributed by atoms with Crippen molar-refractivity contribution in [3.63, 3.8) is 0 Å². The van der Waals surface area contributed by atoms with Crippen LogP contribution in [0.1, 0.15) is 48.4 Å². The summed E-state index contributed by atoms with van der Waals surface area (Å²) in [6.45, 7) is 4.33. The summed E-state index contributed by atoms with van der Waals surface area (Å²) in [7, 11) is 2.23. The normalized spacial score (nSPS) is 31.8. The minimum absolute atomic E-state index is 0.580. The topological polar surface area (TPSA) is 29.3 Å². The van der Waals surface area contributed by atoms with Crippen molar-refractivity contribution in [1.29, 1.82) is 0 Å². The van der Waals surface area contributed by atoms with Crippen LogP contribution >= 0.6 is 0 Å². The molecule has 98 valence electrons. The van der Waals surface area contributed by atoms with Crippen molar-refractivity contribution < 1.29 is 0 Å². The SMILES string of the molecule is CC1CCc2ccc(C3CC(CN)CN3C)cc21. The van der Waals surface area contributed by atoms with E-state index >= 15 is 0 Å². The van der Waals surface area contributed by atoms with E-state index in [1.807, 2.05) is 0 Å². The maximum Gasteiger partial charge on any atom is 0.0348 e. The molecule has 1 aliphatic carbocycles. The number of likely N-dealkylation sites (tertiary alicyclic amines) is 1. The smallest absolute Gasteiger partial charge is 0.0348 e. The highest BCUT2D eigenvalue weighted by molar-refractivity contribution is 5.39. The predicted octanol–water partition coefficient (Wildman–Crippen LogP) is 2.69. The molecule has 1 aliphatic heterocycles. The van der Waals surface area contributed by atoms with Gasteiger partial charge in [-0.2, -0.15) is 0 Å². The van der Waals surface area contributed by atoms with Crippen LogP contribution in [0.2, 0.25) is 0 Å². The lowest BCUT2D eigenvalue weighted by Gasteiger charge is -2.21. The Bertz CT molecular complexity index is 441. The van der Waals surface area contributed by atoms with E-state index < -0.39 is 0 Å². The first-order valence-electron chi connectivity index (χ1n) is 7.22. The van der Waals surface area contributed by atoms with Gasteiger partial charge >= 0.3 is 0 Å². The third-order valence-electron chi connectivity index (χ3n) is 4.90. The molecule has 0 spiro atoms. The highest BCUT2D eigenvalue weighted by atomic mass is 15.2. The minimum atomic E-state index is 0.580. The molecule has 3 atom stereocenters. The van der Waals surface area contributed by atoms with Crippen LogP contribution in [0, 0.1) is 5.92 Å². The second kappa shape index (κ2) is 4.67. The number of rotatable bonds is 2. The molecule has 1 aromatic rings. The number of nitrogens with zero attached hydrogens (tertiary/aromatic N) is 1. The Morgan fingerprint density at radius 1 is 1.39 bits per heavy atom. The summed E-state index contributed by atoms with van der Waals surface area (Å²) in [5.74, 6) is 1.42. The van der Waals surface area contributed by atoms with Crippen molar-refractivity contribution in [3.8, 4) is 0 Å². The van der Waals surface area contributed by atoms with Crippen LogP contribution in [0.5, 0.6) is 0 Å². The van der Waals surface area contributed by atoms with Gasteiger partial charge in [-0.15, -0.1) is 0 Å². The van der Waals surface area contributed by atoms with Crippen molar-refractivity contribution in [2.75, 3.05) is 20.1 Å². The molecule has 1 fully saturated rings. The molecule has 0 aromatic heterocycles. The summed E-state index contributed by atoms with van der Waals surface area (Å²) < 4.78 is 0. The zero-order chi connectivity index (χ0) is 12.7. The Hall–Kier alpha value is -0.860. The number of nitrogens with two attached hydrogens (primary N) is 1. The quantitative estimate of drug-likeness (QED) is 0.866. The van der Waals surface area contributed by atoms with Crippen LogP contribution in [0.3, 0.4) is 0 Å². The molecule has 2 N–H and O–H groups in total. The maximum atomic E-state index is 5.82. The molecule has 0 amide bonds. The lowest BCUT2D eigenvalue weighted by atomic mass is 9.95. The van der Waals surface area contributed by atoms with Crippen LogP contribution in [-0.4, -0.2) is 25.0 Å². The number of aryl methyl sites for hydroxylation is 1. The van der Waals surface area contributed by atoms with Crippen LogP contribution < -0.4 is 5.73 Å². The van der Waals surface area contributed by atoms with Gasteiger partial charge in [0.25, 0.3) is 0 Å². The zero-order valence-corrected chi connectivity index (χ0v) is 11.5. The van der Waals surface area contributed by atoms with Crippen molar-refractivity contribution in [2.45, 2.75) is 38.1 Å². The fourth-order valence-electron chi connectivity index (χ4n) is 3.70. The number of fused-ring (bicyclic) bond motifs is 1. The van der Waals surface area contributed by atoms with Crippen LogP contribution in [0.25, 0.3) is 0 Å². The predicted molar refractivity (Wildman–Crippen MR) is 75.7 cm³/mol. The van der Waals surface area contributed by atoms with Gasteiger partial charge in [-0.1, -0.05) is 25.1 Å². The number of hydrogen-bond acceptors (Lipinski definition) is 2. The molecule has 1 heterocycles. The first-order valence-corrected chi connectivity index (χ1v) is 7.22. The molecule has 3 unspecified atom stereocenters. The Morgan fingerprint density at radius 2 is 2.22 bits per heavy atom. The molecule has 18 heavy (non-hydrogen) atoms. The van der Waals surface area contributed by atoms with E-state index in [9.17, 15) is 0 Å². The average Bonchev–Trinajstić information content (AvgIpc) is 2.93. The third-order valence-corrected chi connectivity index (χ3v) is 4.90. The van der Waals surface area contributed by atoms with Crippen LogP contribution in [0.15, 0.2) is 18.2 Å². The van der Waals surface area contributed by atoms with Crippen molar-refractivity contribution in [3.05, 3.63) is 34.9 Å². The van der Waals surface area contributed by atoms with Gasteiger partial charge in [-0.05, 0) is 61.4 Å². The van der Waals surface area contributed by atoms with Gasteiger partial charge in [-0.3, -0.25) is 4.90 Å². The maximum absolute atomic E-state index is 5.82. The monoisotopic (exact) mass is 244 g/mol. The van der Waals surface area contributed by atoms with E-state index in [1.165, 1.54) is 24.8 Å². The van der Waals surface area contributed by atoms with Gasteiger partial charge in [0.15, 0.2) is 0 Å². The van der Waals surface area contributed by atoms with Gasteiger partial charge in [0, 0.05) is 12.6 Å². The first-order chi connectivity index (χ1) is 8.69. The van der Waals surface area contributed by atoms with Gasteiger partial charge in [0.1, 0.15) is 0 Å². The minimum Gasteiger partial charge on any atom is -0.330 e. The molecule has 0 bridgehead atoms. The molecular weight excluding hydrogens is 220 g/mol. The molecule has 1 aromatic carbocycles. The summed E-state index contributed by atoms with van der Waals surface area (Å²) in [5, 5.41) is 0. The van der Waals surface area contributed by atoms with E-state index in [2.05, 4.69) is 37.1 Å². The third kappa shape index (κ3) is 1.98. The molecule has 2 aliphatic rings. The Balaban J connectivity index is 1.87. The Morgan fingerprint density at radius 3 is 2.94 bits per heavy atom. The van der Waals surface area contributed by atoms with Crippen molar-refractivity contribution in [2.24, 2.45) is 11.7 Å². The molecule has 3 rings (SSSR count). The fraction of sp³-hybridized carbons (Fsp3) is 0.625. The van der Waals surface area contributed by atoms with Crippen LogP contribution in [0.4, 0.5) is 0 Å². The average molecular weight is 244 g/mol. The van der Waals surface area contributed by atoms with Crippen molar-refractivity contribution in [1.82, 2.24) is 4.90 Å². The van der Waals surface area contributed by atoms with Gasteiger partial charge < -0.3 is 5.73 Å². The van der Waals surface area contributed by atoms with E-state index in [0.717, 1.165) is 19.0 Å². The molecule has 2 heteroatoms. The van der Waals surface area contributed by atoms with Gasteiger partial charge in [0.2, 0.25) is 0 Å². The van der Waals surface area contributed by atoms with E-state index in [4.69, 9.17) is 5.73 Å². The highest BCUT2D eigenvalue weighted by Gasteiger charge is 2.30. The zero-order valence-electron chi connectivity index (χ0n) is 11.5. The number of benzene rings is 1. The van der Waals surface area contributed by atoms with Gasteiger partial charge in [0.05, 0.1) is 0 Å². The molecule has 0 radical (unpaired) electrons. The molecule has 1 saturated heterocycles. The van der Waals surface area contributed by atoms with E-state index in [-0.39, 0.29) is 0 Å². The van der Waals surface area contributed by atoms with Crippen LogP contribution in [-0.2, 0) is 6.42 Å². The first kappa shape index (κ1) is 12.2. The highest BCUT2D eigenvalue weighted by Crippen LogP contribution is 2.38. The fourth-order valence-corrected chi connectivity index (χ4v) is 3.70. The summed E-state index contributed by atoms with van der Waals surface area (Å²) >= 11 is 0. The Kier molecular flexibility index (Phi) is 3.16. The molecule has 2 nitrogen and oxygen atoms in total. The summed E-state index contributed by atoms with van der Waals surface area (Å²) in [6.07, 6.45) is 3.81. The Labute approximate surface area is 110 Å². The van der Waals surface area contributed by atoms with E-state index in [1.54, 1.807) is 11.1 Å². The van der Waals surface area contributed by atoms with E-state index in [0.29, 0.717) is 12.0 Å². The lowest BCUT2D eigenvalue weighted by Crippen LogP contribution is -2.20. The molecular formula is C16H24N2. The molecule has 0 saturated carbocycles. The summed E-state index contributed by atoms with van der Waals surface area (Å²) in [4.78, 5) is 2.47. The summed E-state index contributed by atoms with van der Waals surface area (Å²) in [5.41, 5.74) is 10.5. The number of hydrogen-bond donors (Lipinski definition) is 1. The lowest BCUT2D eigenvalue weighted by molar-refractivity contribution is 0.313.